The number of aryl methyl sites for hydroxylation is 1. The summed E-state index contributed by atoms with van der Waals surface area (Å²) in [6.07, 6.45) is -4.43. The Hall–Kier alpha value is -1.67. The minimum atomic E-state index is -4.43. The van der Waals surface area contributed by atoms with Crippen molar-refractivity contribution in [2.75, 3.05) is 5.32 Å². The molecule has 0 saturated heterocycles. The third-order valence-corrected chi connectivity index (χ3v) is 3.78. The van der Waals surface area contributed by atoms with E-state index in [1.807, 2.05) is 12.3 Å². The standard InChI is InChI=1S/C13H12F3N3S2/c1-7-19-9(6-21-7)5-18-11-3-2-8(13(14,15)16)4-10(11)12(17)20/h2-4,6,18H,5H2,1H3,(H2,17,20). The molecule has 1 aromatic carbocycles. The lowest BCUT2D eigenvalue weighted by Crippen LogP contribution is -2.15. The zero-order valence-corrected chi connectivity index (χ0v) is 12.6. The molecule has 0 unspecified atom stereocenters. The normalized spacial score (nSPS) is 11.4. The fourth-order valence-electron chi connectivity index (χ4n) is 1.75. The molecule has 0 atom stereocenters. The van der Waals surface area contributed by atoms with E-state index in [1.165, 1.54) is 17.4 Å². The van der Waals surface area contributed by atoms with Gasteiger partial charge in [0.2, 0.25) is 0 Å². The molecule has 0 amide bonds. The first kappa shape index (κ1) is 15.7. The van der Waals surface area contributed by atoms with Crippen LogP contribution in [0.15, 0.2) is 23.6 Å². The lowest BCUT2D eigenvalue weighted by atomic mass is 10.1. The Morgan fingerprint density at radius 2 is 2.14 bits per heavy atom. The molecule has 1 heterocycles. The average molecular weight is 331 g/mol. The van der Waals surface area contributed by atoms with Crippen molar-refractivity contribution in [2.24, 2.45) is 5.73 Å². The summed E-state index contributed by atoms with van der Waals surface area (Å²) >= 11 is 6.33. The van der Waals surface area contributed by atoms with Crippen LogP contribution in [0.25, 0.3) is 0 Å². The van der Waals surface area contributed by atoms with Crippen molar-refractivity contribution in [3.8, 4) is 0 Å². The molecule has 3 nitrogen and oxygen atoms in total. The van der Waals surface area contributed by atoms with E-state index in [2.05, 4.69) is 10.3 Å². The Morgan fingerprint density at radius 1 is 1.43 bits per heavy atom. The minimum absolute atomic E-state index is 0.0851. The van der Waals surface area contributed by atoms with Gasteiger partial charge in [0.25, 0.3) is 0 Å². The average Bonchev–Trinajstić information content (AvgIpc) is 2.80. The van der Waals surface area contributed by atoms with Gasteiger partial charge in [-0.3, -0.25) is 0 Å². The van der Waals surface area contributed by atoms with E-state index in [0.29, 0.717) is 12.2 Å². The molecule has 0 fully saturated rings. The maximum absolute atomic E-state index is 12.7. The van der Waals surface area contributed by atoms with Crippen LogP contribution in [0.4, 0.5) is 18.9 Å². The van der Waals surface area contributed by atoms with E-state index in [1.54, 1.807) is 0 Å². The van der Waals surface area contributed by atoms with Crippen LogP contribution >= 0.6 is 23.6 Å². The van der Waals surface area contributed by atoms with Gasteiger partial charge in [-0.25, -0.2) is 4.98 Å². The first-order chi connectivity index (χ1) is 9.77. The lowest BCUT2D eigenvalue weighted by molar-refractivity contribution is -0.137. The van der Waals surface area contributed by atoms with Crippen molar-refractivity contribution in [1.82, 2.24) is 4.98 Å². The van der Waals surface area contributed by atoms with Gasteiger partial charge in [0, 0.05) is 16.6 Å². The van der Waals surface area contributed by atoms with Gasteiger partial charge in [-0.05, 0) is 25.1 Å². The maximum Gasteiger partial charge on any atom is 0.416 e. The Labute approximate surface area is 129 Å². The van der Waals surface area contributed by atoms with E-state index in [0.717, 1.165) is 22.8 Å². The van der Waals surface area contributed by atoms with E-state index >= 15 is 0 Å². The predicted octanol–water partition coefficient (Wildman–Crippen LogP) is 3.72. The molecule has 0 radical (unpaired) electrons. The molecular formula is C13H12F3N3S2. The van der Waals surface area contributed by atoms with Crippen molar-refractivity contribution in [3.63, 3.8) is 0 Å². The highest BCUT2D eigenvalue weighted by Crippen LogP contribution is 2.32. The smallest absolute Gasteiger partial charge is 0.389 e. The van der Waals surface area contributed by atoms with Crippen LogP contribution in [0.5, 0.6) is 0 Å². The highest BCUT2D eigenvalue weighted by atomic mass is 32.1. The maximum atomic E-state index is 12.7. The number of hydrogen-bond acceptors (Lipinski definition) is 4. The van der Waals surface area contributed by atoms with Gasteiger partial charge in [0.15, 0.2) is 0 Å². The molecule has 112 valence electrons. The van der Waals surface area contributed by atoms with Gasteiger partial charge in [0.1, 0.15) is 4.99 Å². The van der Waals surface area contributed by atoms with E-state index < -0.39 is 11.7 Å². The van der Waals surface area contributed by atoms with Crippen LogP contribution in [0.2, 0.25) is 0 Å². The fraction of sp³-hybridized carbons (Fsp3) is 0.231. The van der Waals surface area contributed by atoms with E-state index in [4.69, 9.17) is 18.0 Å². The number of nitrogens with one attached hydrogen (secondary N) is 1. The molecule has 0 saturated carbocycles. The monoisotopic (exact) mass is 331 g/mol. The van der Waals surface area contributed by atoms with Crippen LogP contribution in [0.1, 0.15) is 21.8 Å². The molecule has 1 aromatic heterocycles. The molecule has 0 aliphatic rings. The molecule has 0 bridgehead atoms. The van der Waals surface area contributed by atoms with Crippen molar-refractivity contribution < 1.29 is 13.2 Å². The number of rotatable bonds is 4. The van der Waals surface area contributed by atoms with E-state index in [-0.39, 0.29) is 10.6 Å². The molecule has 2 aromatic rings. The second-order valence-electron chi connectivity index (χ2n) is 4.33. The molecule has 0 aliphatic carbocycles. The molecule has 21 heavy (non-hydrogen) atoms. The summed E-state index contributed by atoms with van der Waals surface area (Å²) in [6, 6.07) is 3.28. The van der Waals surface area contributed by atoms with Gasteiger partial charge >= 0.3 is 6.18 Å². The highest BCUT2D eigenvalue weighted by Gasteiger charge is 2.31. The summed E-state index contributed by atoms with van der Waals surface area (Å²) in [5, 5.41) is 5.82. The van der Waals surface area contributed by atoms with Crippen molar-refractivity contribution in [2.45, 2.75) is 19.6 Å². The third kappa shape index (κ3) is 3.92. The topological polar surface area (TPSA) is 50.9 Å². The van der Waals surface area contributed by atoms with Crippen LogP contribution in [-0.2, 0) is 12.7 Å². The number of halogens is 3. The number of thiocarbonyl (C=S) groups is 1. The van der Waals surface area contributed by atoms with Gasteiger partial charge in [-0.15, -0.1) is 11.3 Å². The van der Waals surface area contributed by atoms with Gasteiger partial charge < -0.3 is 11.1 Å². The summed E-state index contributed by atoms with van der Waals surface area (Å²) in [5.41, 5.74) is 6.18. The Balaban J connectivity index is 2.24. The minimum Gasteiger partial charge on any atom is -0.389 e. The largest absolute Gasteiger partial charge is 0.416 e. The second kappa shape index (κ2) is 5.98. The number of hydrogen-bond donors (Lipinski definition) is 2. The molecule has 0 spiro atoms. The number of nitrogens with two attached hydrogens (primary N) is 1. The van der Waals surface area contributed by atoms with Crippen molar-refractivity contribution in [1.29, 1.82) is 0 Å². The summed E-state index contributed by atoms with van der Waals surface area (Å²) in [6.45, 7) is 2.28. The number of alkyl halides is 3. The first-order valence-electron chi connectivity index (χ1n) is 5.93. The molecule has 3 N–H and O–H groups in total. The SMILES string of the molecule is Cc1nc(CNc2ccc(C(F)(F)F)cc2C(N)=S)cs1. The number of anilines is 1. The number of aromatic nitrogens is 1. The fourth-order valence-corrected chi connectivity index (χ4v) is 2.54. The summed E-state index contributed by atoms with van der Waals surface area (Å²) in [4.78, 5) is 4.18. The van der Waals surface area contributed by atoms with Crippen LogP contribution in [0, 0.1) is 6.92 Å². The summed E-state index contributed by atoms with van der Waals surface area (Å²) < 4.78 is 38.1. The number of nitrogens with zero attached hydrogens (tertiary/aromatic N) is 1. The van der Waals surface area contributed by atoms with Crippen molar-refractivity contribution >= 4 is 34.2 Å². The van der Waals surface area contributed by atoms with Crippen LogP contribution < -0.4 is 11.1 Å². The second-order valence-corrected chi connectivity index (χ2v) is 5.84. The molecular weight excluding hydrogens is 319 g/mol. The number of thiazole rings is 1. The van der Waals surface area contributed by atoms with Gasteiger partial charge in [0.05, 0.1) is 22.8 Å². The molecule has 2 rings (SSSR count). The molecule has 0 aliphatic heterocycles. The van der Waals surface area contributed by atoms with E-state index in [9.17, 15) is 13.2 Å². The highest BCUT2D eigenvalue weighted by molar-refractivity contribution is 7.80. The number of benzene rings is 1. The predicted molar refractivity (Wildman–Crippen MR) is 81.5 cm³/mol. The zero-order valence-electron chi connectivity index (χ0n) is 11.0. The van der Waals surface area contributed by atoms with Gasteiger partial charge in [-0.2, -0.15) is 13.2 Å². The summed E-state index contributed by atoms with van der Waals surface area (Å²) in [5.74, 6) is 0. The Bertz CT molecular complexity index is 665. The lowest BCUT2D eigenvalue weighted by Gasteiger charge is -2.14. The Kier molecular flexibility index (Phi) is 4.48. The zero-order chi connectivity index (χ0) is 15.6. The third-order valence-electron chi connectivity index (χ3n) is 2.74. The van der Waals surface area contributed by atoms with Crippen LogP contribution in [0.3, 0.4) is 0 Å². The quantitative estimate of drug-likeness (QED) is 0.839. The van der Waals surface area contributed by atoms with Crippen LogP contribution in [-0.4, -0.2) is 9.97 Å². The van der Waals surface area contributed by atoms with Crippen molar-refractivity contribution in [3.05, 3.63) is 45.4 Å². The molecule has 8 heteroatoms. The first-order valence-corrected chi connectivity index (χ1v) is 7.22. The van der Waals surface area contributed by atoms with Gasteiger partial charge in [-0.1, -0.05) is 12.2 Å². The summed E-state index contributed by atoms with van der Waals surface area (Å²) in [7, 11) is 0. The Morgan fingerprint density at radius 3 is 2.67 bits per heavy atom.